The van der Waals surface area contributed by atoms with Gasteiger partial charge in [0.05, 0.1) is 21.3 Å². The molecule has 0 amide bonds. The van der Waals surface area contributed by atoms with Crippen LogP contribution in [0.5, 0.6) is 28.7 Å². The van der Waals surface area contributed by atoms with Crippen LogP contribution >= 0.6 is 0 Å². The fraction of sp³-hybridized carbons (Fsp3) is 0.429. The highest BCUT2D eigenvalue weighted by Gasteiger charge is 2.41. The van der Waals surface area contributed by atoms with Gasteiger partial charge in [-0.25, -0.2) is 0 Å². The van der Waals surface area contributed by atoms with E-state index in [1.165, 1.54) is 16.7 Å². The molecule has 2 aromatic rings. The minimum Gasteiger partial charge on any atom is -0.493 e. The summed E-state index contributed by atoms with van der Waals surface area (Å²) in [5.74, 6) is 3.78. The standard InChI is InChI=1S/C21H23NO5/c1-22-6-5-12-17-14(22)7-11-8-15(23-2)16(24-3)9-13(11)18(17)20(25-4)21-19(12)26-10-27-21/h8-9,14H,5-7,10H2,1-4H3. The van der Waals surface area contributed by atoms with Gasteiger partial charge in [0.1, 0.15) is 0 Å². The summed E-state index contributed by atoms with van der Waals surface area (Å²) in [4.78, 5) is 2.41. The van der Waals surface area contributed by atoms with Gasteiger partial charge in [0.2, 0.25) is 12.5 Å². The SMILES string of the molecule is COc1cc2c(cc1OC)-c1c(OC)c3c(c4c1C(C2)N(C)CC4)OCO3. The van der Waals surface area contributed by atoms with Crippen molar-refractivity contribution < 1.29 is 23.7 Å². The first kappa shape index (κ1) is 16.6. The van der Waals surface area contributed by atoms with Crippen molar-refractivity contribution >= 4 is 0 Å². The number of hydrogen-bond donors (Lipinski definition) is 0. The summed E-state index contributed by atoms with van der Waals surface area (Å²) in [6.07, 6.45) is 1.85. The van der Waals surface area contributed by atoms with E-state index in [0.29, 0.717) is 5.75 Å². The largest absolute Gasteiger partial charge is 0.493 e. The number of ether oxygens (including phenoxy) is 5. The van der Waals surface area contributed by atoms with Crippen molar-refractivity contribution in [3.05, 3.63) is 28.8 Å². The molecule has 1 aliphatic carbocycles. The quantitative estimate of drug-likeness (QED) is 0.828. The molecule has 5 rings (SSSR count). The van der Waals surface area contributed by atoms with E-state index in [0.717, 1.165) is 53.5 Å². The van der Waals surface area contributed by atoms with Crippen LogP contribution in [0.1, 0.15) is 22.7 Å². The summed E-state index contributed by atoms with van der Waals surface area (Å²) in [6, 6.07) is 4.42. The molecule has 2 aromatic carbocycles. The van der Waals surface area contributed by atoms with Crippen LogP contribution in [-0.4, -0.2) is 46.6 Å². The lowest BCUT2D eigenvalue weighted by molar-refractivity contribution is 0.169. The van der Waals surface area contributed by atoms with Crippen LogP contribution in [0.2, 0.25) is 0 Å². The van der Waals surface area contributed by atoms with Crippen molar-refractivity contribution in [2.75, 3.05) is 41.7 Å². The molecule has 1 unspecified atom stereocenters. The lowest BCUT2D eigenvalue weighted by Crippen LogP contribution is -2.35. The van der Waals surface area contributed by atoms with Crippen LogP contribution < -0.4 is 23.7 Å². The molecule has 3 aliphatic rings. The van der Waals surface area contributed by atoms with E-state index in [9.17, 15) is 0 Å². The minimum atomic E-state index is 0.237. The zero-order valence-corrected chi connectivity index (χ0v) is 16.0. The van der Waals surface area contributed by atoms with E-state index < -0.39 is 0 Å². The van der Waals surface area contributed by atoms with Crippen LogP contribution in [-0.2, 0) is 12.8 Å². The molecule has 0 fully saturated rings. The maximum atomic E-state index is 5.85. The van der Waals surface area contributed by atoms with E-state index >= 15 is 0 Å². The predicted molar refractivity (Wildman–Crippen MR) is 100 cm³/mol. The Kier molecular flexibility index (Phi) is 3.65. The van der Waals surface area contributed by atoms with Crippen LogP contribution in [0, 0.1) is 0 Å². The van der Waals surface area contributed by atoms with Gasteiger partial charge in [0, 0.05) is 23.7 Å². The molecule has 142 valence electrons. The van der Waals surface area contributed by atoms with Gasteiger partial charge in [-0.3, -0.25) is 4.90 Å². The van der Waals surface area contributed by atoms with Gasteiger partial charge < -0.3 is 23.7 Å². The van der Waals surface area contributed by atoms with Crippen LogP contribution in [0.25, 0.3) is 11.1 Å². The predicted octanol–water partition coefficient (Wildman–Crippen LogP) is 3.19. The Morgan fingerprint density at radius 2 is 1.74 bits per heavy atom. The molecule has 0 N–H and O–H groups in total. The molecule has 0 spiro atoms. The first-order chi connectivity index (χ1) is 13.2. The third kappa shape index (κ3) is 2.16. The highest BCUT2D eigenvalue weighted by Crippen LogP contribution is 2.58. The Morgan fingerprint density at radius 1 is 1.00 bits per heavy atom. The second-order valence-electron chi connectivity index (χ2n) is 7.18. The lowest BCUT2D eigenvalue weighted by Gasteiger charge is -2.40. The molecule has 1 atom stereocenters. The molecule has 6 heteroatoms. The topological polar surface area (TPSA) is 49.4 Å². The van der Waals surface area contributed by atoms with Crippen molar-refractivity contribution in [1.29, 1.82) is 0 Å². The summed E-state index contributed by atoms with van der Waals surface area (Å²) < 4.78 is 28.6. The van der Waals surface area contributed by atoms with E-state index in [4.69, 9.17) is 23.7 Å². The van der Waals surface area contributed by atoms with Crippen molar-refractivity contribution in [2.45, 2.75) is 18.9 Å². The van der Waals surface area contributed by atoms with Gasteiger partial charge in [-0.15, -0.1) is 0 Å². The van der Waals surface area contributed by atoms with Crippen molar-refractivity contribution in [2.24, 2.45) is 0 Å². The van der Waals surface area contributed by atoms with Gasteiger partial charge in [0.25, 0.3) is 0 Å². The number of nitrogens with zero attached hydrogens (tertiary/aromatic N) is 1. The molecule has 0 bridgehead atoms. The summed E-state index contributed by atoms with van der Waals surface area (Å²) in [5, 5.41) is 0. The highest BCUT2D eigenvalue weighted by molar-refractivity contribution is 5.87. The van der Waals surface area contributed by atoms with Gasteiger partial charge >= 0.3 is 0 Å². The molecular formula is C21H23NO5. The zero-order valence-electron chi connectivity index (χ0n) is 16.0. The number of likely N-dealkylation sites (N-methyl/N-ethyl adjacent to an activating group) is 1. The van der Waals surface area contributed by atoms with E-state index in [2.05, 4.69) is 24.1 Å². The first-order valence-corrected chi connectivity index (χ1v) is 9.15. The third-order valence-corrected chi connectivity index (χ3v) is 5.99. The molecule has 0 radical (unpaired) electrons. The Hall–Kier alpha value is -2.60. The van der Waals surface area contributed by atoms with Gasteiger partial charge in [-0.05, 0) is 48.7 Å². The summed E-state index contributed by atoms with van der Waals surface area (Å²) in [7, 11) is 7.21. The number of fused-ring (bicyclic) bond motifs is 4. The minimum absolute atomic E-state index is 0.237. The molecule has 0 saturated heterocycles. The normalized spacial score (nSPS) is 19.3. The third-order valence-electron chi connectivity index (χ3n) is 5.99. The second kappa shape index (κ2) is 5.96. The summed E-state index contributed by atoms with van der Waals surface area (Å²) >= 11 is 0. The molecule has 27 heavy (non-hydrogen) atoms. The van der Waals surface area contributed by atoms with Crippen LogP contribution in [0.4, 0.5) is 0 Å². The van der Waals surface area contributed by atoms with E-state index in [1.807, 2.05) is 0 Å². The molecule has 0 saturated carbocycles. The number of hydrogen-bond acceptors (Lipinski definition) is 6. The first-order valence-electron chi connectivity index (χ1n) is 9.15. The molecular weight excluding hydrogens is 346 g/mol. The summed E-state index contributed by atoms with van der Waals surface area (Å²) in [5.41, 5.74) is 5.98. The average Bonchev–Trinajstić information content (AvgIpc) is 3.18. The van der Waals surface area contributed by atoms with Gasteiger partial charge in [-0.2, -0.15) is 0 Å². The monoisotopic (exact) mass is 369 g/mol. The Labute approximate surface area is 158 Å². The van der Waals surface area contributed by atoms with Crippen LogP contribution in [0.3, 0.4) is 0 Å². The van der Waals surface area contributed by atoms with Crippen molar-refractivity contribution in [1.82, 2.24) is 4.90 Å². The Balaban J connectivity index is 1.87. The number of methoxy groups -OCH3 is 3. The zero-order chi connectivity index (χ0) is 18.7. The van der Waals surface area contributed by atoms with E-state index in [-0.39, 0.29) is 12.8 Å². The number of benzene rings is 2. The molecule has 6 nitrogen and oxygen atoms in total. The molecule has 2 aliphatic heterocycles. The maximum absolute atomic E-state index is 5.85. The Bertz CT molecular complexity index is 939. The smallest absolute Gasteiger partial charge is 0.231 e. The second-order valence-corrected chi connectivity index (χ2v) is 7.18. The summed E-state index contributed by atoms with van der Waals surface area (Å²) in [6.45, 7) is 1.22. The Morgan fingerprint density at radius 3 is 2.48 bits per heavy atom. The fourth-order valence-electron chi connectivity index (χ4n) is 4.71. The fourth-order valence-corrected chi connectivity index (χ4v) is 4.71. The van der Waals surface area contributed by atoms with Crippen LogP contribution in [0.15, 0.2) is 12.1 Å². The molecule has 2 heterocycles. The average molecular weight is 369 g/mol. The number of rotatable bonds is 3. The highest BCUT2D eigenvalue weighted by atomic mass is 16.7. The van der Waals surface area contributed by atoms with Gasteiger partial charge in [0.15, 0.2) is 23.0 Å². The lowest BCUT2D eigenvalue weighted by atomic mass is 9.76. The van der Waals surface area contributed by atoms with Crippen molar-refractivity contribution in [3.8, 4) is 39.9 Å². The maximum Gasteiger partial charge on any atom is 0.231 e. The molecule has 0 aromatic heterocycles. The van der Waals surface area contributed by atoms with E-state index in [1.54, 1.807) is 21.3 Å². The van der Waals surface area contributed by atoms with Crippen molar-refractivity contribution in [3.63, 3.8) is 0 Å². The van der Waals surface area contributed by atoms with Gasteiger partial charge in [-0.1, -0.05) is 0 Å².